The van der Waals surface area contributed by atoms with Gasteiger partial charge in [0.15, 0.2) is 6.20 Å². The minimum atomic E-state index is -0.769. The Kier molecular flexibility index (Phi) is 3.96. The summed E-state index contributed by atoms with van der Waals surface area (Å²) in [6.07, 6.45) is 2.64. The summed E-state index contributed by atoms with van der Waals surface area (Å²) in [7, 11) is 1.83. The van der Waals surface area contributed by atoms with Gasteiger partial charge in [0.05, 0.1) is 11.3 Å². The van der Waals surface area contributed by atoms with Crippen LogP contribution in [0.2, 0.25) is 0 Å². The number of hydrogen-bond acceptors (Lipinski definition) is 6. The number of likely N-dealkylation sites (N-methyl/N-ethyl adjacent to an activating group) is 1. The standard InChI is InChI=1S/C12H17N3O4/c1-14(9-12(16)4-6-19-7-5-12)10-2-3-11(13-8-10)15(17)18/h2-3,8,16H,4-7,9H2,1H3. The lowest BCUT2D eigenvalue weighted by Crippen LogP contribution is -2.45. The minimum Gasteiger partial charge on any atom is -0.388 e. The molecule has 1 aliphatic heterocycles. The zero-order chi connectivity index (χ0) is 13.9. The molecule has 1 aliphatic rings. The van der Waals surface area contributed by atoms with E-state index in [1.165, 1.54) is 12.3 Å². The lowest BCUT2D eigenvalue weighted by molar-refractivity contribution is -0.389. The summed E-state index contributed by atoms with van der Waals surface area (Å²) in [4.78, 5) is 15.6. The van der Waals surface area contributed by atoms with E-state index in [-0.39, 0.29) is 5.82 Å². The number of pyridine rings is 1. The van der Waals surface area contributed by atoms with Crippen LogP contribution in [0.4, 0.5) is 11.5 Å². The summed E-state index contributed by atoms with van der Waals surface area (Å²) in [6, 6.07) is 2.99. The van der Waals surface area contributed by atoms with Crippen LogP contribution in [0, 0.1) is 10.1 Å². The lowest BCUT2D eigenvalue weighted by atomic mass is 9.94. The second-order valence-electron chi connectivity index (χ2n) is 4.82. The molecule has 0 aliphatic carbocycles. The predicted molar refractivity (Wildman–Crippen MR) is 69.2 cm³/mol. The molecule has 1 N–H and O–H groups in total. The average molecular weight is 267 g/mol. The van der Waals surface area contributed by atoms with Gasteiger partial charge in [-0.1, -0.05) is 0 Å². The highest BCUT2D eigenvalue weighted by molar-refractivity contribution is 5.46. The molecule has 19 heavy (non-hydrogen) atoms. The number of ether oxygens (including phenoxy) is 1. The number of hydrogen-bond donors (Lipinski definition) is 1. The molecule has 7 nitrogen and oxygen atoms in total. The zero-order valence-corrected chi connectivity index (χ0v) is 10.8. The van der Waals surface area contributed by atoms with Crippen molar-refractivity contribution in [3.8, 4) is 0 Å². The molecule has 0 aromatic carbocycles. The van der Waals surface area contributed by atoms with Gasteiger partial charge >= 0.3 is 5.82 Å². The molecule has 0 radical (unpaired) electrons. The smallest absolute Gasteiger partial charge is 0.363 e. The van der Waals surface area contributed by atoms with Gasteiger partial charge in [0, 0.05) is 45.7 Å². The minimum absolute atomic E-state index is 0.179. The van der Waals surface area contributed by atoms with Gasteiger partial charge in [-0.2, -0.15) is 0 Å². The molecule has 2 heterocycles. The lowest BCUT2D eigenvalue weighted by Gasteiger charge is -2.35. The molecule has 1 fully saturated rings. The van der Waals surface area contributed by atoms with E-state index in [0.717, 1.165) is 5.69 Å². The summed E-state index contributed by atoms with van der Waals surface area (Å²) < 4.78 is 5.23. The van der Waals surface area contributed by atoms with E-state index in [2.05, 4.69) is 4.98 Å². The molecule has 104 valence electrons. The Morgan fingerprint density at radius 2 is 2.21 bits per heavy atom. The summed E-state index contributed by atoms with van der Waals surface area (Å²) in [5.74, 6) is -0.179. The van der Waals surface area contributed by atoms with Gasteiger partial charge in [-0.3, -0.25) is 0 Å². The van der Waals surface area contributed by atoms with Crippen LogP contribution < -0.4 is 4.90 Å². The molecule has 1 aromatic rings. The summed E-state index contributed by atoms with van der Waals surface area (Å²) in [5, 5.41) is 20.9. The van der Waals surface area contributed by atoms with Crippen LogP contribution in [-0.2, 0) is 4.74 Å². The third-order valence-corrected chi connectivity index (χ3v) is 3.32. The number of nitrogens with zero attached hydrogens (tertiary/aromatic N) is 3. The first-order valence-corrected chi connectivity index (χ1v) is 6.12. The Hall–Kier alpha value is -1.73. The fourth-order valence-corrected chi connectivity index (χ4v) is 2.15. The summed E-state index contributed by atoms with van der Waals surface area (Å²) in [5.41, 5.74) is -0.0279. The van der Waals surface area contributed by atoms with E-state index < -0.39 is 10.5 Å². The molecular weight excluding hydrogens is 250 g/mol. The fraction of sp³-hybridized carbons (Fsp3) is 0.583. The van der Waals surface area contributed by atoms with Crippen LogP contribution >= 0.6 is 0 Å². The van der Waals surface area contributed by atoms with E-state index in [1.807, 2.05) is 11.9 Å². The predicted octanol–water partition coefficient (Wildman–Crippen LogP) is 0.967. The number of anilines is 1. The van der Waals surface area contributed by atoms with Crippen molar-refractivity contribution in [2.45, 2.75) is 18.4 Å². The van der Waals surface area contributed by atoms with E-state index in [9.17, 15) is 15.2 Å². The van der Waals surface area contributed by atoms with Gasteiger partial charge in [0.1, 0.15) is 0 Å². The Balaban J connectivity index is 2.02. The first-order chi connectivity index (χ1) is 9.00. The topological polar surface area (TPSA) is 88.7 Å². The molecule has 0 amide bonds. The molecular formula is C12H17N3O4. The number of aromatic nitrogens is 1. The van der Waals surface area contributed by atoms with Crippen LogP contribution in [-0.4, -0.2) is 47.4 Å². The van der Waals surface area contributed by atoms with Gasteiger partial charge in [-0.05, 0) is 16.0 Å². The molecule has 1 aromatic heterocycles. The van der Waals surface area contributed by atoms with Gasteiger partial charge in [-0.15, -0.1) is 0 Å². The first kappa shape index (κ1) is 13.7. The summed E-state index contributed by atoms with van der Waals surface area (Å²) >= 11 is 0. The van der Waals surface area contributed by atoms with Crippen molar-refractivity contribution in [2.24, 2.45) is 0 Å². The molecule has 0 saturated carbocycles. The zero-order valence-electron chi connectivity index (χ0n) is 10.8. The van der Waals surface area contributed by atoms with E-state index in [1.54, 1.807) is 6.07 Å². The van der Waals surface area contributed by atoms with Crippen LogP contribution in [0.25, 0.3) is 0 Å². The maximum Gasteiger partial charge on any atom is 0.363 e. The summed E-state index contributed by atoms with van der Waals surface area (Å²) in [6.45, 7) is 1.57. The fourth-order valence-electron chi connectivity index (χ4n) is 2.15. The van der Waals surface area contributed by atoms with Crippen LogP contribution in [0.3, 0.4) is 0 Å². The number of nitro groups is 1. The highest BCUT2D eigenvalue weighted by Gasteiger charge is 2.31. The maximum atomic E-state index is 10.5. The Labute approximate surface area is 111 Å². The Bertz CT molecular complexity index is 443. The SMILES string of the molecule is CN(CC1(O)CCOCC1)c1ccc([N+](=O)[O-])nc1. The van der Waals surface area contributed by atoms with Crippen LogP contribution in [0.15, 0.2) is 18.3 Å². The normalized spacial score (nSPS) is 18.0. The molecule has 1 saturated heterocycles. The second kappa shape index (κ2) is 5.50. The van der Waals surface area contributed by atoms with Gasteiger partial charge in [-0.25, -0.2) is 0 Å². The third-order valence-electron chi connectivity index (χ3n) is 3.32. The largest absolute Gasteiger partial charge is 0.388 e. The molecule has 0 spiro atoms. The average Bonchev–Trinajstić information content (AvgIpc) is 2.39. The second-order valence-corrected chi connectivity index (χ2v) is 4.82. The highest BCUT2D eigenvalue weighted by atomic mass is 16.6. The van der Waals surface area contributed by atoms with Gasteiger partial charge < -0.3 is 24.9 Å². The van der Waals surface area contributed by atoms with E-state index >= 15 is 0 Å². The monoisotopic (exact) mass is 267 g/mol. The molecule has 7 heteroatoms. The quantitative estimate of drug-likeness (QED) is 0.646. The van der Waals surface area contributed by atoms with E-state index in [4.69, 9.17) is 4.74 Å². The van der Waals surface area contributed by atoms with Crippen molar-refractivity contribution >= 4 is 11.5 Å². The van der Waals surface area contributed by atoms with E-state index in [0.29, 0.717) is 32.6 Å². The van der Waals surface area contributed by atoms with Crippen molar-refractivity contribution in [1.82, 2.24) is 4.98 Å². The van der Waals surface area contributed by atoms with Gasteiger partial charge in [0.2, 0.25) is 0 Å². The highest BCUT2D eigenvalue weighted by Crippen LogP contribution is 2.24. The number of aliphatic hydroxyl groups is 1. The van der Waals surface area contributed by atoms with Crippen molar-refractivity contribution in [3.05, 3.63) is 28.4 Å². The van der Waals surface area contributed by atoms with Crippen molar-refractivity contribution < 1.29 is 14.8 Å². The van der Waals surface area contributed by atoms with Crippen LogP contribution in [0.5, 0.6) is 0 Å². The maximum absolute atomic E-state index is 10.5. The van der Waals surface area contributed by atoms with Crippen molar-refractivity contribution in [3.63, 3.8) is 0 Å². The van der Waals surface area contributed by atoms with Gasteiger partial charge in [0.25, 0.3) is 0 Å². The molecule has 0 atom stereocenters. The Morgan fingerprint density at radius 1 is 1.53 bits per heavy atom. The number of rotatable bonds is 4. The van der Waals surface area contributed by atoms with Crippen molar-refractivity contribution in [2.75, 3.05) is 31.7 Å². The molecule has 2 rings (SSSR count). The molecule has 0 unspecified atom stereocenters. The third kappa shape index (κ3) is 3.39. The van der Waals surface area contributed by atoms with Crippen LogP contribution in [0.1, 0.15) is 12.8 Å². The molecule has 0 bridgehead atoms. The first-order valence-electron chi connectivity index (χ1n) is 6.12. The Morgan fingerprint density at radius 3 is 2.74 bits per heavy atom. The van der Waals surface area contributed by atoms with Crippen molar-refractivity contribution in [1.29, 1.82) is 0 Å².